The number of nitrogens with one attached hydrogen (secondary N) is 1. The van der Waals surface area contributed by atoms with Crippen LogP contribution in [0.4, 0.5) is 18.9 Å². The van der Waals surface area contributed by atoms with E-state index < -0.39 is 11.7 Å². The number of para-hydroxylation sites is 1. The minimum absolute atomic E-state index is 0.0337. The highest BCUT2D eigenvalue weighted by Gasteiger charge is 2.33. The number of halogens is 4. The van der Waals surface area contributed by atoms with Crippen LogP contribution in [-0.4, -0.2) is 60.1 Å². The largest absolute Gasteiger partial charge is 0.417 e. The SMILES string of the molecule is Cc1cccc(C)c1NC(=O)CN1CCN(C(=O)CSc2ccc(Cl)c(C(F)(F)F)c2)CC1. The quantitative estimate of drug-likeness (QED) is 0.577. The predicted octanol–water partition coefficient (Wildman–Crippen LogP) is 4.85. The number of thioether (sulfide) groups is 1. The standard InChI is InChI=1S/C23H25ClF3N3O2S/c1-15-4-3-5-16(2)22(15)28-20(31)13-29-8-10-30(11-9-29)21(32)14-33-17-6-7-19(24)18(12-17)23(25,26)27/h3-7,12H,8-11,13-14H2,1-2H3,(H,28,31). The molecule has 2 aromatic carbocycles. The normalized spacial score (nSPS) is 14.9. The van der Waals surface area contributed by atoms with Crippen LogP contribution in [0.2, 0.25) is 5.02 Å². The van der Waals surface area contributed by atoms with Crippen LogP contribution in [0.1, 0.15) is 16.7 Å². The number of carbonyl (C=O) groups is 2. The van der Waals surface area contributed by atoms with Gasteiger partial charge in [0.25, 0.3) is 0 Å². The van der Waals surface area contributed by atoms with Crippen molar-refractivity contribution in [2.75, 3.05) is 43.8 Å². The molecule has 10 heteroatoms. The molecule has 1 fully saturated rings. The predicted molar refractivity (Wildman–Crippen MR) is 125 cm³/mol. The van der Waals surface area contributed by atoms with Crippen LogP contribution in [0.3, 0.4) is 0 Å². The molecule has 2 amide bonds. The average Bonchev–Trinajstić information content (AvgIpc) is 2.75. The molecule has 1 aliphatic rings. The van der Waals surface area contributed by atoms with E-state index in [2.05, 4.69) is 5.32 Å². The van der Waals surface area contributed by atoms with Gasteiger partial charge in [-0.25, -0.2) is 0 Å². The van der Waals surface area contributed by atoms with Crippen LogP contribution in [0.25, 0.3) is 0 Å². The van der Waals surface area contributed by atoms with E-state index in [1.807, 2.05) is 36.9 Å². The molecule has 0 saturated carbocycles. The van der Waals surface area contributed by atoms with E-state index >= 15 is 0 Å². The van der Waals surface area contributed by atoms with E-state index in [0.29, 0.717) is 31.1 Å². The van der Waals surface area contributed by atoms with Gasteiger partial charge in [0.05, 0.1) is 22.9 Å². The highest BCUT2D eigenvalue weighted by atomic mass is 35.5. The number of nitrogens with zero attached hydrogens (tertiary/aromatic N) is 2. The van der Waals surface area contributed by atoms with Crippen molar-refractivity contribution in [3.05, 3.63) is 58.1 Å². The molecule has 0 bridgehead atoms. The fourth-order valence-corrected chi connectivity index (χ4v) is 4.66. The Morgan fingerprint density at radius 1 is 1.06 bits per heavy atom. The molecule has 2 aromatic rings. The van der Waals surface area contributed by atoms with Gasteiger partial charge in [0.1, 0.15) is 0 Å². The summed E-state index contributed by atoms with van der Waals surface area (Å²) in [5.41, 5.74) is 1.91. The number of anilines is 1. The summed E-state index contributed by atoms with van der Waals surface area (Å²) in [5.74, 6) is -0.222. The molecule has 1 heterocycles. The summed E-state index contributed by atoms with van der Waals surface area (Å²) < 4.78 is 39.0. The molecule has 1 saturated heterocycles. The third-order valence-corrected chi connectivity index (χ3v) is 6.75. The van der Waals surface area contributed by atoms with Crippen LogP contribution in [-0.2, 0) is 15.8 Å². The second-order valence-corrected chi connectivity index (χ2v) is 9.36. The average molecular weight is 500 g/mol. The molecular formula is C23H25ClF3N3O2S. The first kappa shape index (κ1) is 25.4. The maximum absolute atomic E-state index is 13.0. The summed E-state index contributed by atoms with van der Waals surface area (Å²) in [6, 6.07) is 9.46. The highest BCUT2D eigenvalue weighted by Crippen LogP contribution is 2.37. The number of aryl methyl sites for hydroxylation is 2. The molecular weight excluding hydrogens is 475 g/mol. The molecule has 0 unspecified atom stereocenters. The summed E-state index contributed by atoms with van der Waals surface area (Å²) in [6.07, 6.45) is -4.54. The first-order valence-electron chi connectivity index (χ1n) is 10.4. The van der Waals surface area contributed by atoms with Crippen molar-refractivity contribution in [2.45, 2.75) is 24.9 Å². The van der Waals surface area contributed by atoms with Crippen molar-refractivity contribution < 1.29 is 22.8 Å². The molecule has 33 heavy (non-hydrogen) atoms. The van der Waals surface area contributed by atoms with Crippen molar-refractivity contribution in [3.63, 3.8) is 0 Å². The number of carbonyl (C=O) groups excluding carboxylic acids is 2. The Morgan fingerprint density at radius 2 is 1.70 bits per heavy atom. The van der Waals surface area contributed by atoms with Gasteiger partial charge in [-0.2, -0.15) is 13.2 Å². The lowest BCUT2D eigenvalue weighted by atomic mass is 10.1. The Bertz CT molecular complexity index is 1000. The van der Waals surface area contributed by atoms with Crippen molar-refractivity contribution in [2.24, 2.45) is 0 Å². The van der Waals surface area contributed by atoms with Gasteiger partial charge in [0, 0.05) is 36.8 Å². The van der Waals surface area contributed by atoms with Gasteiger partial charge >= 0.3 is 6.18 Å². The van der Waals surface area contributed by atoms with Gasteiger partial charge in [-0.05, 0) is 43.2 Å². The first-order valence-corrected chi connectivity index (χ1v) is 11.8. The minimum atomic E-state index is -4.54. The van der Waals surface area contributed by atoms with Crippen molar-refractivity contribution in [3.8, 4) is 0 Å². The third-order valence-electron chi connectivity index (χ3n) is 5.44. The molecule has 178 valence electrons. The number of alkyl halides is 3. The summed E-state index contributed by atoms with van der Waals surface area (Å²) >= 11 is 6.69. The van der Waals surface area contributed by atoms with Gasteiger partial charge < -0.3 is 10.2 Å². The molecule has 5 nitrogen and oxygen atoms in total. The molecule has 0 aromatic heterocycles. The second kappa shape index (κ2) is 10.8. The van der Waals surface area contributed by atoms with Crippen LogP contribution in [0.15, 0.2) is 41.3 Å². The second-order valence-electron chi connectivity index (χ2n) is 7.90. The molecule has 0 atom stereocenters. The highest BCUT2D eigenvalue weighted by molar-refractivity contribution is 8.00. The van der Waals surface area contributed by atoms with E-state index in [4.69, 9.17) is 11.6 Å². The van der Waals surface area contributed by atoms with Crippen molar-refractivity contribution >= 4 is 40.9 Å². The molecule has 0 spiro atoms. The van der Waals surface area contributed by atoms with Gasteiger partial charge in [0.2, 0.25) is 11.8 Å². The van der Waals surface area contributed by atoms with Gasteiger partial charge in [-0.15, -0.1) is 11.8 Å². The van der Waals surface area contributed by atoms with Crippen molar-refractivity contribution in [1.29, 1.82) is 0 Å². The van der Waals surface area contributed by atoms with E-state index in [9.17, 15) is 22.8 Å². The Hall–Kier alpha value is -2.23. The molecule has 3 rings (SSSR count). The van der Waals surface area contributed by atoms with E-state index in [-0.39, 0.29) is 29.1 Å². The Labute approximate surface area is 200 Å². The van der Waals surface area contributed by atoms with E-state index in [1.54, 1.807) is 4.90 Å². The first-order chi connectivity index (χ1) is 15.5. The smallest absolute Gasteiger partial charge is 0.339 e. The van der Waals surface area contributed by atoms with Crippen LogP contribution >= 0.6 is 23.4 Å². The molecule has 1 aliphatic heterocycles. The van der Waals surface area contributed by atoms with Gasteiger partial charge in [-0.3, -0.25) is 14.5 Å². The number of amides is 2. The summed E-state index contributed by atoms with van der Waals surface area (Å²) in [7, 11) is 0. The monoisotopic (exact) mass is 499 g/mol. The van der Waals surface area contributed by atoms with Gasteiger partial charge in [-0.1, -0.05) is 29.8 Å². The number of hydrogen-bond acceptors (Lipinski definition) is 4. The Kier molecular flexibility index (Phi) is 8.31. The fourth-order valence-electron chi connectivity index (χ4n) is 3.60. The number of benzene rings is 2. The molecule has 0 radical (unpaired) electrons. The minimum Gasteiger partial charge on any atom is -0.339 e. The van der Waals surface area contributed by atoms with Crippen LogP contribution in [0.5, 0.6) is 0 Å². The maximum atomic E-state index is 13.0. The van der Waals surface area contributed by atoms with E-state index in [1.165, 1.54) is 12.1 Å². The lowest BCUT2D eigenvalue weighted by Gasteiger charge is -2.34. The number of rotatable bonds is 6. The van der Waals surface area contributed by atoms with Gasteiger partial charge in [0.15, 0.2) is 0 Å². The van der Waals surface area contributed by atoms with Crippen molar-refractivity contribution in [1.82, 2.24) is 9.80 Å². The lowest BCUT2D eigenvalue weighted by molar-refractivity contribution is -0.137. The van der Waals surface area contributed by atoms with Crippen LogP contribution < -0.4 is 5.32 Å². The summed E-state index contributed by atoms with van der Waals surface area (Å²) in [5, 5.41) is 2.60. The number of hydrogen-bond donors (Lipinski definition) is 1. The topological polar surface area (TPSA) is 52.7 Å². The zero-order chi connectivity index (χ0) is 24.2. The molecule has 1 N–H and O–H groups in total. The zero-order valence-electron chi connectivity index (χ0n) is 18.3. The van der Waals surface area contributed by atoms with E-state index in [0.717, 1.165) is 34.6 Å². The zero-order valence-corrected chi connectivity index (χ0v) is 19.9. The summed E-state index contributed by atoms with van der Waals surface area (Å²) in [6.45, 7) is 6.15. The lowest BCUT2D eigenvalue weighted by Crippen LogP contribution is -2.50. The third kappa shape index (κ3) is 6.88. The Balaban J connectivity index is 1.46. The maximum Gasteiger partial charge on any atom is 0.417 e. The Morgan fingerprint density at radius 3 is 2.30 bits per heavy atom. The number of piperazine rings is 1. The molecule has 0 aliphatic carbocycles. The summed E-state index contributed by atoms with van der Waals surface area (Å²) in [4.78, 5) is 29.0. The van der Waals surface area contributed by atoms with Crippen LogP contribution in [0, 0.1) is 13.8 Å². The fraction of sp³-hybridized carbons (Fsp3) is 0.391.